The van der Waals surface area contributed by atoms with Crippen molar-refractivity contribution in [3.8, 4) is 11.5 Å². The fourth-order valence-corrected chi connectivity index (χ4v) is 2.34. The van der Waals surface area contributed by atoms with Gasteiger partial charge in [0.25, 0.3) is 0 Å². The minimum Gasteiger partial charge on any atom is -0.496 e. The molecule has 0 aromatic heterocycles. The monoisotopic (exact) mass is 257 g/mol. The van der Waals surface area contributed by atoms with Crippen LogP contribution in [0.5, 0.6) is 11.5 Å². The zero-order valence-electron chi connectivity index (χ0n) is 10.6. The Bertz CT molecular complexity index is 351. The lowest BCUT2D eigenvalue weighted by atomic mass is 10.0. The van der Waals surface area contributed by atoms with E-state index in [4.69, 9.17) is 9.47 Å². The van der Waals surface area contributed by atoms with Gasteiger partial charge in [0, 0.05) is 6.04 Å². The van der Waals surface area contributed by atoms with Crippen LogP contribution in [0.1, 0.15) is 30.0 Å². The van der Waals surface area contributed by atoms with Crippen molar-refractivity contribution >= 4 is 12.4 Å². The molecule has 1 aliphatic rings. The number of methoxy groups -OCH3 is 2. The molecule has 2 rings (SSSR count). The zero-order valence-corrected chi connectivity index (χ0v) is 11.4. The molecule has 1 aromatic rings. The number of hydrogen-bond acceptors (Lipinski definition) is 3. The van der Waals surface area contributed by atoms with Crippen LogP contribution in [-0.2, 0) is 0 Å². The summed E-state index contributed by atoms with van der Waals surface area (Å²) in [6.45, 7) is 3.13. The SMILES string of the molecule is COc1cc(C)cc(OC)c1[C@@H]1CCCN1.Cl. The summed E-state index contributed by atoms with van der Waals surface area (Å²) in [5, 5.41) is 3.48. The first-order chi connectivity index (χ1) is 7.76. The number of hydrogen-bond donors (Lipinski definition) is 1. The first-order valence-corrected chi connectivity index (χ1v) is 5.72. The summed E-state index contributed by atoms with van der Waals surface area (Å²) < 4.78 is 10.9. The molecular weight excluding hydrogens is 238 g/mol. The van der Waals surface area contributed by atoms with E-state index in [1.54, 1.807) is 14.2 Å². The Balaban J connectivity index is 0.00000144. The Morgan fingerprint density at radius 3 is 2.18 bits per heavy atom. The van der Waals surface area contributed by atoms with Crippen LogP contribution in [0.15, 0.2) is 12.1 Å². The van der Waals surface area contributed by atoms with E-state index in [0.717, 1.165) is 35.6 Å². The summed E-state index contributed by atoms with van der Waals surface area (Å²) in [6, 6.07) is 4.50. The zero-order chi connectivity index (χ0) is 11.5. The van der Waals surface area contributed by atoms with Gasteiger partial charge in [-0.1, -0.05) is 0 Å². The molecule has 1 saturated heterocycles. The molecule has 0 radical (unpaired) electrons. The van der Waals surface area contributed by atoms with Gasteiger partial charge in [-0.15, -0.1) is 12.4 Å². The van der Waals surface area contributed by atoms with E-state index in [9.17, 15) is 0 Å². The van der Waals surface area contributed by atoms with Crippen molar-refractivity contribution in [1.29, 1.82) is 0 Å². The average Bonchev–Trinajstić information content (AvgIpc) is 2.80. The first kappa shape index (κ1) is 14.1. The lowest BCUT2D eigenvalue weighted by Gasteiger charge is -2.19. The molecule has 1 aromatic carbocycles. The molecule has 3 nitrogen and oxygen atoms in total. The lowest BCUT2D eigenvalue weighted by molar-refractivity contribution is 0.375. The second-order valence-corrected chi connectivity index (χ2v) is 4.23. The molecule has 0 bridgehead atoms. The van der Waals surface area contributed by atoms with Crippen molar-refractivity contribution in [2.75, 3.05) is 20.8 Å². The summed E-state index contributed by atoms with van der Waals surface area (Å²) in [4.78, 5) is 0. The molecule has 96 valence electrons. The predicted molar refractivity (Wildman–Crippen MR) is 71.5 cm³/mol. The second kappa shape index (κ2) is 6.12. The van der Waals surface area contributed by atoms with Gasteiger partial charge in [-0.3, -0.25) is 0 Å². The highest BCUT2D eigenvalue weighted by Crippen LogP contribution is 2.38. The van der Waals surface area contributed by atoms with Crippen LogP contribution in [0.3, 0.4) is 0 Å². The van der Waals surface area contributed by atoms with Crippen LogP contribution in [0.4, 0.5) is 0 Å². The number of benzene rings is 1. The average molecular weight is 258 g/mol. The minimum atomic E-state index is 0. The molecule has 0 saturated carbocycles. The number of aryl methyl sites for hydroxylation is 1. The molecule has 0 unspecified atom stereocenters. The van der Waals surface area contributed by atoms with E-state index in [0.29, 0.717) is 6.04 Å². The highest BCUT2D eigenvalue weighted by atomic mass is 35.5. The van der Waals surface area contributed by atoms with Crippen LogP contribution in [0.25, 0.3) is 0 Å². The highest BCUT2D eigenvalue weighted by molar-refractivity contribution is 5.85. The second-order valence-electron chi connectivity index (χ2n) is 4.23. The van der Waals surface area contributed by atoms with E-state index < -0.39 is 0 Å². The Kier molecular flexibility index (Phi) is 5.09. The topological polar surface area (TPSA) is 30.5 Å². The molecule has 0 spiro atoms. The van der Waals surface area contributed by atoms with Gasteiger partial charge in [-0.2, -0.15) is 0 Å². The molecular formula is C13H20ClNO2. The molecule has 1 atom stereocenters. The van der Waals surface area contributed by atoms with Gasteiger partial charge in [0.15, 0.2) is 0 Å². The van der Waals surface area contributed by atoms with Gasteiger partial charge in [0.1, 0.15) is 11.5 Å². The largest absolute Gasteiger partial charge is 0.496 e. The van der Waals surface area contributed by atoms with Crippen LogP contribution in [0.2, 0.25) is 0 Å². The fraction of sp³-hybridized carbons (Fsp3) is 0.538. The third-order valence-electron chi connectivity index (χ3n) is 3.10. The molecule has 17 heavy (non-hydrogen) atoms. The van der Waals surface area contributed by atoms with Crippen molar-refractivity contribution in [3.05, 3.63) is 23.3 Å². The molecule has 1 heterocycles. The third-order valence-corrected chi connectivity index (χ3v) is 3.10. The van der Waals surface area contributed by atoms with Gasteiger partial charge in [-0.25, -0.2) is 0 Å². The number of ether oxygens (including phenoxy) is 2. The van der Waals surface area contributed by atoms with Crippen LogP contribution < -0.4 is 14.8 Å². The molecule has 4 heteroatoms. The van der Waals surface area contributed by atoms with Gasteiger partial charge >= 0.3 is 0 Å². The summed E-state index contributed by atoms with van der Waals surface area (Å²) in [7, 11) is 3.43. The van der Waals surface area contributed by atoms with Crippen molar-refractivity contribution in [2.24, 2.45) is 0 Å². The van der Waals surface area contributed by atoms with E-state index in [2.05, 4.69) is 24.4 Å². The van der Waals surface area contributed by atoms with Gasteiger partial charge in [0.2, 0.25) is 0 Å². The lowest BCUT2D eigenvalue weighted by Crippen LogP contribution is -2.15. The normalized spacial score (nSPS) is 18.6. The van der Waals surface area contributed by atoms with E-state index in [-0.39, 0.29) is 12.4 Å². The van der Waals surface area contributed by atoms with Crippen molar-refractivity contribution in [2.45, 2.75) is 25.8 Å². The van der Waals surface area contributed by atoms with E-state index in [1.165, 1.54) is 6.42 Å². The fourth-order valence-electron chi connectivity index (χ4n) is 2.34. The Hall–Kier alpha value is -0.930. The van der Waals surface area contributed by atoms with Crippen LogP contribution in [-0.4, -0.2) is 20.8 Å². The summed E-state index contributed by atoms with van der Waals surface area (Å²) >= 11 is 0. The Morgan fingerprint density at radius 2 is 1.76 bits per heavy atom. The quantitative estimate of drug-likeness (QED) is 0.903. The number of halogens is 1. The molecule has 0 amide bonds. The van der Waals surface area contributed by atoms with Gasteiger partial charge in [0.05, 0.1) is 19.8 Å². The van der Waals surface area contributed by atoms with Crippen molar-refractivity contribution in [1.82, 2.24) is 5.32 Å². The standard InChI is InChI=1S/C13H19NO2.ClH/c1-9-7-11(15-2)13(12(8-9)16-3)10-5-4-6-14-10;/h7-8,10,14H,4-6H2,1-3H3;1H/t10-;/m0./s1. The van der Waals surface area contributed by atoms with E-state index >= 15 is 0 Å². The van der Waals surface area contributed by atoms with Crippen molar-refractivity contribution in [3.63, 3.8) is 0 Å². The summed E-state index contributed by atoms with van der Waals surface area (Å²) in [5.74, 6) is 1.85. The van der Waals surface area contributed by atoms with Gasteiger partial charge in [-0.05, 0) is 44.0 Å². The highest BCUT2D eigenvalue weighted by Gasteiger charge is 2.24. The van der Waals surface area contributed by atoms with Gasteiger partial charge < -0.3 is 14.8 Å². The Morgan fingerprint density at radius 1 is 1.18 bits per heavy atom. The maximum absolute atomic E-state index is 5.46. The number of rotatable bonds is 3. The molecule has 1 fully saturated rings. The van der Waals surface area contributed by atoms with Crippen molar-refractivity contribution < 1.29 is 9.47 Å². The van der Waals surface area contributed by atoms with E-state index in [1.807, 2.05) is 0 Å². The third kappa shape index (κ3) is 2.85. The first-order valence-electron chi connectivity index (χ1n) is 5.72. The minimum absolute atomic E-state index is 0. The maximum atomic E-state index is 5.46. The summed E-state index contributed by atoms with van der Waals surface area (Å²) in [5.41, 5.74) is 2.32. The Labute approximate surface area is 109 Å². The van der Waals surface area contributed by atoms with Crippen LogP contribution in [0, 0.1) is 6.92 Å². The van der Waals surface area contributed by atoms with Crippen LogP contribution >= 0.6 is 12.4 Å². The smallest absolute Gasteiger partial charge is 0.127 e. The predicted octanol–water partition coefficient (Wildman–Crippen LogP) is 2.86. The maximum Gasteiger partial charge on any atom is 0.127 e. The summed E-state index contributed by atoms with van der Waals surface area (Å²) in [6.07, 6.45) is 2.36. The molecule has 1 aliphatic heterocycles. The molecule has 1 N–H and O–H groups in total. The molecule has 0 aliphatic carbocycles. The number of nitrogens with one attached hydrogen (secondary N) is 1.